The van der Waals surface area contributed by atoms with E-state index in [9.17, 15) is 8.42 Å². The fourth-order valence-corrected chi connectivity index (χ4v) is 2.32. The molecule has 0 atom stereocenters. The molecule has 0 bridgehead atoms. The van der Waals surface area contributed by atoms with Crippen LogP contribution in [0.15, 0.2) is 29.2 Å². The number of rotatable bonds is 2. The van der Waals surface area contributed by atoms with Gasteiger partial charge < -0.3 is 4.74 Å². The van der Waals surface area contributed by atoms with Crippen molar-refractivity contribution in [2.24, 2.45) is 5.14 Å². The molecule has 0 radical (unpaired) electrons. The first-order chi connectivity index (χ1) is 6.59. The summed E-state index contributed by atoms with van der Waals surface area (Å²) >= 11 is 0. The second kappa shape index (κ2) is 3.34. The Morgan fingerprint density at radius 3 is 2.43 bits per heavy atom. The summed E-state index contributed by atoms with van der Waals surface area (Å²) in [6.45, 7) is 1.15. The van der Waals surface area contributed by atoms with Gasteiger partial charge in [0.25, 0.3) is 0 Å². The molecule has 1 heterocycles. The Labute approximate surface area is 82.7 Å². The first kappa shape index (κ1) is 9.64. The van der Waals surface area contributed by atoms with E-state index >= 15 is 0 Å². The highest BCUT2D eigenvalue weighted by molar-refractivity contribution is 7.89. The Hall–Kier alpha value is -0.910. The molecule has 1 aliphatic rings. The lowest BCUT2D eigenvalue weighted by molar-refractivity contribution is 0.00734. The summed E-state index contributed by atoms with van der Waals surface area (Å²) in [7, 11) is -3.61. The number of hydrogen-bond donors (Lipinski definition) is 1. The quantitative estimate of drug-likeness (QED) is 0.775. The minimum Gasteiger partial charge on any atom is -0.380 e. The SMILES string of the molecule is NS(=O)(=O)c1ccccc1C1COC1. The van der Waals surface area contributed by atoms with Gasteiger partial charge in [0.2, 0.25) is 10.0 Å². The van der Waals surface area contributed by atoms with E-state index in [2.05, 4.69) is 0 Å². The van der Waals surface area contributed by atoms with Crippen LogP contribution in [0, 0.1) is 0 Å². The van der Waals surface area contributed by atoms with Gasteiger partial charge in [-0.1, -0.05) is 18.2 Å². The zero-order valence-electron chi connectivity index (χ0n) is 7.51. The highest BCUT2D eigenvalue weighted by Crippen LogP contribution is 2.28. The van der Waals surface area contributed by atoms with Crippen LogP contribution in [0.4, 0.5) is 0 Å². The molecule has 14 heavy (non-hydrogen) atoms. The van der Waals surface area contributed by atoms with Gasteiger partial charge in [0.05, 0.1) is 18.1 Å². The lowest BCUT2D eigenvalue weighted by Gasteiger charge is -2.27. The van der Waals surface area contributed by atoms with Crippen molar-refractivity contribution in [2.75, 3.05) is 13.2 Å². The van der Waals surface area contributed by atoms with Crippen LogP contribution >= 0.6 is 0 Å². The van der Waals surface area contributed by atoms with Crippen molar-refractivity contribution in [2.45, 2.75) is 10.8 Å². The van der Waals surface area contributed by atoms with E-state index < -0.39 is 10.0 Å². The molecule has 0 aromatic heterocycles. The molecule has 76 valence electrons. The van der Waals surface area contributed by atoms with Crippen LogP contribution in [-0.2, 0) is 14.8 Å². The van der Waals surface area contributed by atoms with Gasteiger partial charge in [-0.3, -0.25) is 0 Å². The molecule has 0 aliphatic carbocycles. The van der Waals surface area contributed by atoms with Crippen molar-refractivity contribution in [3.63, 3.8) is 0 Å². The molecular formula is C9H11NO3S. The molecule has 0 saturated carbocycles. The Bertz CT molecular complexity index is 437. The van der Waals surface area contributed by atoms with Crippen molar-refractivity contribution in [3.8, 4) is 0 Å². The van der Waals surface area contributed by atoms with Crippen LogP contribution < -0.4 is 5.14 Å². The van der Waals surface area contributed by atoms with Crippen LogP contribution in [0.3, 0.4) is 0 Å². The first-order valence-electron chi connectivity index (χ1n) is 4.28. The summed E-state index contributed by atoms with van der Waals surface area (Å²) in [4.78, 5) is 0.216. The third-order valence-corrected chi connectivity index (χ3v) is 3.29. The second-order valence-corrected chi connectivity index (χ2v) is 4.85. The smallest absolute Gasteiger partial charge is 0.238 e. The largest absolute Gasteiger partial charge is 0.380 e. The maximum absolute atomic E-state index is 11.2. The Morgan fingerprint density at radius 2 is 1.93 bits per heavy atom. The van der Waals surface area contributed by atoms with Crippen LogP contribution in [0.5, 0.6) is 0 Å². The molecule has 4 nitrogen and oxygen atoms in total. The Kier molecular flexibility index (Phi) is 2.30. The third kappa shape index (κ3) is 1.66. The molecule has 0 amide bonds. The van der Waals surface area contributed by atoms with Gasteiger partial charge in [-0.05, 0) is 11.6 Å². The van der Waals surface area contributed by atoms with Crippen molar-refractivity contribution in [3.05, 3.63) is 29.8 Å². The number of ether oxygens (including phenoxy) is 1. The Balaban J connectivity index is 2.48. The minimum absolute atomic E-state index is 0.171. The second-order valence-electron chi connectivity index (χ2n) is 3.32. The normalized spacial score (nSPS) is 17.8. The fraction of sp³-hybridized carbons (Fsp3) is 0.333. The molecule has 0 unspecified atom stereocenters. The average molecular weight is 213 g/mol. The average Bonchev–Trinajstić information content (AvgIpc) is 2.00. The van der Waals surface area contributed by atoms with Gasteiger partial charge in [-0.25, -0.2) is 13.6 Å². The zero-order chi connectivity index (χ0) is 10.2. The maximum Gasteiger partial charge on any atom is 0.238 e. The molecule has 2 rings (SSSR count). The lowest BCUT2D eigenvalue weighted by Crippen LogP contribution is -2.27. The van der Waals surface area contributed by atoms with Gasteiger partial charge in [0.1, 0.15) is 0 Å². The number of primary sulfonamides is 1. The van der Waals surface area contributed by atoms with Gasteiger partial charge in [-0.2, -0.15) is 0 Å². The predicted octanol–water partition coefficient (Wildman–Crippen LogP) is 0.448. The summed E-state index contributed by atoms with van der Waals surface area (Å²) in [5.74, 6) is 0.171. The predicted molar refractivity (Wildman–Crippen MR) is 51.4 cm³/mol. The summed E-state index contributed by atoms with van der Waals surface area (Å²) in [5, 5.41) is 5.11. The number of sulfonamides is 1. The van der Waals surface area contributed by atoms with E-state index in [1.54, 1.807) is 12.1 Å². The molecule has 1 saturated heterocycles. The molecule has 1 aromatic carbocycles. The van der Waals surface area contributed by atoms with Crippen LogP contribution in [-0.4, -0.2) is 21.6 Å². The van der Waals surface area contributed by atoms with Crippen LogP contribution in [0.1, 0.15) is 11.5 Å². The summed E-state index contributed by atoms with van der Waals surface area (Å²) < 4.78 is 27.5. The minimum atomic E-state index is -3.61. The van der Waals surface area contributed by atoms with Crippen molar-refractivity contribution >= 4 is 10.0 Å². The lowest BCUT2D eigenvalue weighted by atomic mass is 9.98. The summed E-state index contributed by atoms with van der Waals surface area (Å²) in [5.41, 5.74) is 0.765. The summed E-state index contributed by atoms with van der Waals surface area (Å²) in [6.07, 6.45) is 0. The molecule has 1 aromatic rings. The van der Waals surface area contributed by atoms with E-state index in [0.717, 1.165) is 5.56 Å². The first-order valence-corrected chi connectivity index (χ1v) is 5.83. The van der Waals surface area contributed by atoms with Crippen molar-refractivity contribution < 1.29 is 13.2 Å². The van der Waals surface area contributed by atoms with Crippen molar-refractivity contribution in [1.29, 1.82) is 0 Å². The summed E-state index contributed by atoms with van der Waals surface area (Å²) in [6, 6.07) is 6.79. The topological polar surface area (TPSA) is 69.4 Å². The number of hydrogen-bond acceptors (Lipinski definition) is 3. The zero-order valence-corrected chi connectivity index (χ0v) is 8.33. The third-order valence-electron chi connectivity index (χ3n) is 2.30. The van der Waals surface area contributed by atoms with E-state index in [1.165, 1.54) is 6.07 Å². The molecular weight excluding hydrogens is 202 g/mol. The maximum atomic E-state index is 11.2. The van der Waals surface area contributed by atoms with Gasteiger partial charge in [0.15, 0.2) is 0 Å². The van der Waals surface area contributed by atoms with Crippen molar-refractivity contribution in [1.82, 2.24) is 0 Å². The van der Waals surface area contributed by atoms with Gasteiger partial charge >= 0.3 is 0 Å². The Morgan fingerprint density at radius 1 is 1.29 bits per heavy atom. The monoisotopic (exact) mass is 213 g/mol. The van der Waals surface area contributed by atoms with Gasteiger partial charge in [0, 0.05) is 5.92 Å². The van der Waals surface area contributed by atoms with E-state index in [4.69, 9.17) is 9.88 Å². The van der Waals surface area contributed by atoms with Gasteiger partial charge in [-0.15, -0.1) is 0 Å². The highest BCUT2D eigenvalue weighted by atomic mass is 32.2. The van der Waals surface area contributed by atoms with E-state index in [0.29, 0.717) is 13.2 Å². The standard InChI is InChI=1S/C9H11NO3S/c10-14(11,12)9-4-2-1-3-8(9)7-5-13-6-7/h1-4,7H,5-6H2,(H2,10,11,12). The fourth-order valence-electron chi connectivity index (χ4n) is 1.49. The molecule has 0 spiro atoms. The highest BCUT2D eigenvalue weighted by Gasteiger charge is 2.26. The molecule has 5 heteroatoms. The number of nitrogens with two attached hydrogens (primary N) is 1. The van der Waals surface area contributed by atoms with E-state index in [-0.39, 0.29) is 10.8 Å². The van der Waals surface area contributed by atoms with Crippen LogP contribution in [0.2, 0.25) is 0 Å². The van der Waals surface area contributed by atoms with Crippen LogP contribution in [0.25, 0.3) is 0 Å². The van der Waals surface area contributed by atoms with E-state index in [1.807, 2.05) is 6.07 Å². The molecule has 1 aliphatic heterocycles. The molecule has 1 fully saturated rings. The molecule has 2 N–H and O–H groups in total. The number of benzene rings is 1.